The second kappa shape index (κ2) is 6.28. The number of hydrogen-bond acceptors (Lipinski definition) is 2. The SMILES string of the molecule is COc1ccc(C(C)C)cc1NC(=O)NC(C)C. The lowest BCUT2D eigenvalue weighted by Gasteiger charge is -2.15. The van der Waals surface area contributed by atoms with E-state index in [1.165, 1.54) is 0 Å². The van der Waals surface area contributed by atoms with Crippen molar-refractivity contribution in [2.24, 2.45) is 0 Å². The van der Waals surface area contributed by atoms with Gasteiger partial charge in [-0.2, -0.15) is 0 Å². The first kappa shape index (κ1) is 14.4. The van der Waals surface area contributed by atoms with Crippen molar-refractivity contribution in [2.75, 3.05) is 12.4 Å². The molecule has 0 aliphatic heterocycles. The van der Waals surface area contributed by atoms with Gasteiger partial charge < -0.3 is 15.4 Å². The molecule has 0 unspecified atom stereocenters. The van der Waals surface area contributed by atoms with Gasteiger partial charge in [-0.1, -0.05) is 19.9 Å². The van der Waals surface area contributed by atoms with Crippen molar-refractivity contribution in [3.8, 4) is 5.75 Å². The lowest BCUT2D eigenvalue weighted by molar-refractivity contribution is 0.250. The molecule has 1 aromatic rings. The van der Waals surface area contributed by atoms with E-state index in [2.05, 4.69) is 24.5 Å². The average Bonchev–Trinajstić information content (AvgIpc) is 2.27. The maximum absolute atomic E-state index is 11.7. The summed E-state index contributed by atoms with van der Waals surface area (Å²) in [5.74, 6) is 1.07. The minimum Gasteiger partial charge on any atom is -0.495 e. The highest BCUT2D eigenvalue weighted by atomic mass is 16.5. The molecule has 0 bridgehead atoms. The number of rotatable bonds is 4. The van der Waals surface area contributed by atoms with Crippen LogP contribution in [0, 0.1) is 0 Å². The zero-order valence-electron chi connectivity index (χ0n) is 11.7. The summed E-state index contributed by atoms with van der Waals surface area (Å²) >= 11 is 0. The maximum atomic E-state index is 11.7. The van der Waals surface area contributed by atoms with E-state index < -0.39 is 0 Å². The Hall–Kier alpha value is -1.71. The number of amides is 2. The summed E-state index contributed by atoms with van der Waals surface area (Å²) < 4.78 is 5.24. The summed E-state index contributed by atoms with van der Waals surface area (Å²) in [6.45, 7) is 8.06. The van der Waals surface area contributed by atoms with Crippen molar-refractivity contribution < 1.29 is 9.53 Å². The number of hydrogen-bond donors (Lipinski definition) is 2. The number of methoxy groups -OCH3 is 1. The van der Waals surface area contributed by atoms with Crippen molar-refractivity contribution in [3.05, 3.63) is 23.8 Å². The summed E-state index contributed by atoms with van der Waals surface area (Å²) in [5, 5.41) is 5.60. The molecule has 0 saturated heterocycles. The first-order valence-corrected chi connectivity index (χ1v) is 6.19. The molecule has 1 rings (SSSR count). The quantitative estimate of drug-likeness (QED) is 0.861. The van der Waals surface area contributed by atoms with Crippen LogP contribution in [-0.4, -0.2) is 19.2 Å². The Morgan fingerprint density at radius 3 is 2.39 bits per heavy atom. The molecule has 0 atom stereocenters. The molecular weight excluding hydrogens is 228 g/mol. The Kier molecular flexibility index (Phi) is 5.01. The summed E-state index contributed by atoms with van der Waals surface area (Å²) in [6, 6.07) is 5.71. The van der Waals surface area contributed by atoms with Crippen LogP contribution in [0.1, 0.15) is 39.2 Å². The Morgan fingerprint density at radius 1 is 1.22 bits per heavy atom. The number of carbonyl (C=O) groups excluding carboxylic acids is 1. The molecule has 0 aromatic heterocycles. The molecule has 0 spiro atoms. The minimum atomic E-state index is -0.218. The molecule has 0 heterocycles. The normalized spacial score (nSPS) is 10.6. The Morgan fingerprint density at radius 2 is 1.89 bits per heavy atom. The van der Waals surface area contributed by atoms with Crippen LogP contribution in [0.4, 0.5) is 10.5 Å². The minimum absolute atomic E-state index is 0.101. The van der Waals surface area contributed by atoms with E-state index in [1.54, 1.807) is 7.11 Å². The molecule has 0 fully saturated rings. The van der Waals surface area contributed by atoms with E-state index >= 15 is 0 Å². The second-order valence-corrected chi connectivity index (χ2v) is 4.87. The maximum Gasteiger partial charge on any atom is 0.319 e. The first-order valence-electron chi connectivity index (χ1n) is 6.19. The van der Waals surface area contributed by atoms with Crippen molar-refractivity contribution >= 4 is 11.7 Å². The van der Waals surface area contributed by atoms with Gasteiger partial charge in [-0.3, -0.25) is 0 Å². The Bertz CT molecular complexity index is 414. The third-order valence-electron chi connectivity index (χ3n) is 2.56. The van der Waals surface area contributed by atoms with E-state index in [1.807, 2.05) is 32.0 Å². The van der Waals surface area contributed by atoms with Gasteiger partial charge in [0.05, 0.1) is 12.8 Å². The molecule has 2 amide bonds. The van der Waals surface area contributed by atoms with E-state index in [-0.39, 0.29) is 12.1 Å². The van der Waals surface area contributed by atoms with Crippen molar-refractivity contribution in [1.29, 1.82) is 0 Å². The lowest BCUT2D eigenvalue weighted by Crippen LogP contribution is -2.34. The fraction of sp³-hybridized carbons (Fsp3) is 0.500. The highest BCUT2D eigenvalue weighted by Crippen LogP contribution is 2.28. The third kappa shape index (κ3) is 3.95. The fourth-order valence-corrected chi connectivity index (χ4v) is 1.60. The molecule has 0 aliphatic rings. The Balaban J connectivity index is 2.91. The van der Waals surface area contributed by atoms with Crippen LogP contribution in [0.15, 0.2) is 18.2 Å². The first-order chi connectivity index (χ1) is 8.43. The largest absolute Gasteiger partial charge is 0.495 e. The van der Waals surface area contributed by atoms with Gasteiger partial charge in [0.25, 0.3) is 0 Å². The molecule has 4 heteroatoms. The van der Waals surface area contributed by atoms with Crippen LogP contribution in [0.25, 0.3) is 0 Å². The molecule has 18 heavy (non-hydrogen) atoms. The lowest BCUT2D eigenvalue weighted by atomic mass is 10.0. The molecule has 1 aromatic carbocycles. The predicted octanol–water partition coefficient (Wildman–Crippen LogP) is 3.35. The van der Waals surface area contributed by atoms with Crippen LogP contribution >= 0.6 is 0 Å². The van der Waals surface area contributed by atoms with Gasteiger partial charge >= 0.3 is 6.03 Å². The van der Waals surface area contributed by atoms with E-state index in [4.69, 9.17) is 4.74 Å². The summed E-state index contributed by atoms with van der Waals surface area (Å²) in [7, 11) is 1.59. The smallest absolute Gasteiger partial charge is 0.319 e. The second-order valence-electron chi connectivity index (χ2n) is 4.87. The van der Waals surface area contributed by atoms with Crippen LogP contribution < -0.4 is 15.4 Å². The van der Waals surface area contributed by atoms with Crippen molar-refractivity contribution in [1.82, 2.24) is 5.32 Å². The number of anilines is 1. The molecule has 2 N–H and O–H groups in total. The number of carbonyl (C=O) groups is 1. The van der Waals surface area contributed by atoms with Gasteiger partial charge in [-0.05, 0) is 37.5 Å². The van der Waals surface area contributed by atoms with Gasteiger partial charge in [0, 0.05) is 6.04 Å². The number of ether oxygens (including phenoxy) is 1. The standard InChI is InChI=1S/C14H22N2O2/c1-9(2)11-6-7-13(18-5)12(8-11)16-14(17)15-10(3)4/h6-10H,1-5H3,(H2,15,16,17). The number of nitrogens with one attached hydrogen (secondary N) is 2. The van der Waals surface area contributed by atoms with E-state index in [0.717, 1.165) is 5.56 Å². The van der Waals surface area contributed by atoms with Crippen LogP contribution in [-0.2, 0) is 0 Å². The zero-order chi connectivity index (χ0) is 13.7. The van der Waals surface area contributed by atoms with Gasteiger partial charge in [0.15, 0.2) is 0 Å². The summed E-state index contributed by atoms with van der Waals surface area (Å²) in [6.07, 6.45) is 0. The number of urea groups is 1. The van der Waals surface area contributed by atoms with Crippen molar-refractivity contribution in [2.45, 2.75) is 39.7 Å². The fourth-order valence-electron chi connectivity index (χ4n) is 1.60. The molecule has 100 valence electrons. The van der Waals surface area contributed by atoms with Crippen LogP contribution in [0.5, 0.6) is 5.75 Å². The molecule has 0 saturated carbocycles. The molecule has 0 aliphatic carbocycles. The van der Waals surface area contributed by atoms with E-state index in [9.17, 15) is 4.79 Å². The molecule has 0 radical (unpaired) electrons. The van der Waals surface area contributed by atoms with Crippen molar-refractivity contribution in [3.63, 3.8) is 0 Å². The zero-order valence-corrected chi connectivity index (χ0v) is 11.7. The molecule has 4 nitrogen and oxygen atoms in total. The van der Waals surface area contributed by atoms with Gasteiger partial charge in [-0.15, -0.1) is 0 Å². The topological polar surface area (TPSA) is 50.4 Å². The van der Waals surface area contributed by atoms with Crippen LogP contribution in [0.2, 0.25) is 0 Å². The average molecular weight is 250 g/mol. The Labute approximate surface area is 109 Å². The third-order valence-corrected chi connectivity index (χ3v) is 2.56. The van der Waals surface area contributed by atoms with Crippen LogP contribution in [0.3, 0.4) is 0 Å². The number of benzene rings is 1. The van der Waals surface area contributed by atoms with Gasteiger partial charge in [0.1, 0.15) is 5.75 Å². The highest BCUT2D eigenvalue weighted by molar-refractivity contribution is 5.91. The summed E-state index contributed by atoms with van der Waals surface area (Å²) in [4.78, 5) is 11.7. The van der Waals surface area contributed by atoms with Gasteiger partial charge in [-0.25, -0.2) is 4.79 Å². The monoisotopic (exact) mass is 250 g/mol. The van der Waals surface area contributed by atoms with Gasteiger partial charge in [0.2, 0.25) is 0 Å². The predicted molar refractivity (Wildman–Crippen MR) is 74.4 cm³/mol. The molecular formula is C14H22N2O2. The summed E-state index contributed by atoms with van der Waals surface area (Å²) in [5.41, 5.74) is 1.86. The van der Waals surface area contributed by atoms with E-state index in [0.29, 0.717) is 17.4 Å². The highest BCUT2D eigenvalue weighted by Gasteiger charge is 2.10.